The van der Waals surface area contributed by atoms with Crippen molar-refractivity contribution in [1.82, 2.24) is 20.0 Å². The number of aryl methyl sites for hydroxylation is 1. The summed E-state index contributed by atoms with van der Waals surface area (Å²) < 4.78 is 5.49. The molecule has 1 amide bonds. The van der Waals surface area contributed by atoms with Crippen molar-refractivity contribution in [1.29, 1.82) is 0 Å². The van der Waals surface area contributed by atoms with Crippen molar-refractivity contribution in [3.8, 4) is 0 Å². The Balaban J connectivity index is 1.47. The summed E-state index contributed by atoms with van der Waals surface area (Å²) in [5.41, 5.74) is 2.30. The third-order valence-corrected chi connectivity index (χ3v) is 5.37. The van der Waals surface area contributed by atoms with Crippen molar-refractivity contribution in [2.45, 2.75) is 57.9 Å². The first-order valence-electron chi connectivity index (χ1n) is 9.81. The highest BCUT2D eigenvalue weighted by molar-refractivity contribution is 5.84. The molecule has 1 saturated heterocycles. The number of piperidine rings is 1. The van der Waals surface area contributed by atoms with Crippen LogP contribution in [0.1, 0.15) is 68.8 Å². The fourth-order valence-corrected chi connectivity index (χ4v) is 3.83. The van der Waals surface area contributed by atoms with Gasteiger partial charge >= 0.3 is 0 Å². The van der Waals surface area contributed by atoms with Crippen LogP contribution in [0.25, 0.3) is 10.9 Å². The van der Waals surface area contributed by atoms with Gasteiger partial charge in [0, 0.05) is 36.0 Å². The second kappa shape index (κ2) is 7.55. The fraction of sp³-hybridized carbons (Fsp3) is 0.476. The Bertz CT molecular complexity index is 927. The summed E-state index contributed by atoms with van der Waals surface area (Å²) in [4.78, 5) is 22.7. The van der Waals surface area contributed by atoms with E-state index in [4.69, 9.17) is 4.52 Å². The van der Waals surface area contributed by atoms with Crippen LogP contribution in [0.4, 0.5) is 0 Å². The normalized spacial score (nSPS) is 17.7. The number of nitrogens with one attached hydrogen (secondary N) is 1. The van der Waals surface area contributed by atoms with E-state index in [1.54, 1.807) is 0 Å². The van der Waals surface area contributed by atoms with E-state index in [2.05, 4.69) is 27.3 Å². The number of likely N-dealkylation sites (tertiary alicyclic amines) is 1. The van der Waals surface area contributed by atoms with Gasteiger partial charge in [0.2, 0.25) is 11.8 Å². The highest BCUT2D eigenvalue weighted by atomic mass is 16.5. The van der Waals surface area contributed by atoms with Crippen molar-refractivity contribution in [3.05, 3.63) is 47.7 Å². The van der Waals surface area contributed by atoms with Gasteiger partial charge in [0.25, 0.3) is 0 Å². The molecule has 27 heavy (non-hydrogen) atoms. The van der Waals surface area contributed by atoms with Crippen LogP contribution in [0.3, 0.4) is 0 Å². The van der Waals surface area contributed by atoms with E-state index in [1.807, 2.05) is 37.1 Å². The number of hydrogen-bond acceptors (Lipinski definition) is 4. The number of carbonyl (C=O) groups is 1. The monoisotopic (exact) mass is 366 g/mol. The quantitative estimate of drug-likeness (QED) is 0.728. The maximum Gasteiger partial charge on any atom is 0.249 e. The molecule has 1 aromatic carbocycles. The standard InChI is InChI=1S/C21H26N4O2/c1-14(2)20-23-21(27-24-20)18-9-5-6-12-25(18)19(26)11-10-15-13-22-17-8-4-3-7-16(15)17/h3-4,7-8,13-14,18,22H,5-6,9-12H2,1-2H3/t18-/m0/s1. The zero-order valence-electron chi connectivity index (χ0n) is 15.9. The third-order valence-electron chi connectivity index (χ3n) is 5.37. The third kappa shape index (κ3) is 3.61. The topological polar surface area (TPSA) is 75.0 Å². The average Bonchev–Trinajstić information content (AvgIpc) is 3.34. The number of hydrogen-bond donors (Lipinski definition) is 1. The van der Waals surface area contributed by atoms with Crippen LogP contribution in [0.15, 0.2) is 35.0 Å². The van der Waals surface area contributed by atoms with E-state index >= 15 is 0 Å². The van der Waals surface area contributed by atoms with Gasteiger partial charge in [-0.05, 0) is 37.3 Å². The Morgan fingerprint density at radius 2 is 2.19 bits per heavy atom. The minimum Gasteiger partial charge on any atom is -0.361 e. The number of aromatic nitrogens is 3. The van der Waals surface area contributed by atoms with Gasteiger partial charge in [0.15, 0.2) is 5.82 Å². The van der Waals surface area contributed by atoms with Gasteiger partial charge in [-0.1, -0.05) is 37.2 Å². The number of fused-ring (bicyclic) bond motifs is 1. The summed E-state index contributed by atoms with van der Waals surface area (Å²) in [6.07, 6.45) is 6.23. The number of amides is 1. The molecule has 1 aliphatic rings. The molecule has 0 saturated carbocycles. The number of carbonyl (C=O) groups excluding carboxylic acids is 1. The summed E-state index contributed by atoms with van der Waals surface area (Å²) in [5.74, 6) is 1.67. The molecule has 6 heteroatoms. The van der Waals surface area contributed by atoms with Crippen LogP contribution in [0, 0.1) is 0 Å². The van der Waals surface area contributed by atoms with Crippen molar-refractivity contribution in [3.63, 3.8) is 0 Å². The second-order valence-electron chi connectivity index (χ2n) is 7.60. The van der Waals surface area contributed by atoms with Crippen molar-refractivity contribution < 1.29 is 9.32 Å². The van der Waals surface area contributed by atoms with Crippen LogP contribution < -0.4 is 0 Å². The fourth-order valence-electron chi connectivity index (χ4n) is 3.83. The minimum absolute atomic E-state index is 0.0887. The van der Waals surface area contributed by atoms with E-state index in [0.29, 0.717) is 18.1 Å². The number of benzene rings is 1. The van der Waals surface area contributed by atoms with Crippen LogP contribution in [0.2, 0.25) is 0 Å². The largest absolute Gasteiger partial charge is 0.361 e. The molecule has 0 radical (unpaired) electrons. The number of H-pyrrole nitrogens is 1. The van der Waals surface area contributed by atoms with E-state index < -0.39 is 0 Å². The highest BCUT2D eigenvalue weighted by Gasteiger charge is 2.32. The SMILES string of the molecule is CC(C)c1noc([C@@H]2CCCCN2C(=O)CCc2c[nH]c3ccccc23)n1. The van der Waals surface area contributed by atoms with E-state index in [1.165, 1.54) is 10.9 Å². The summed E-state index contributed by atoms with van der Waals surface area (Å²) in [6.45, 7) is 4.84. The predicted octanol–water partition coefficient (Wildman–Crippen LogP) is 4.36. The van der Waals surface area contributed by atoms with Crippen molar-refractivity contribution in [2.24, 2.45) is 0 Å². The predicted molar refractivity (Wildman–Crippen MR) is 103 cm³/mol. The number of aromatic amines is 1. The second-order valence-corrected chi connectivity index (χ2v) is 7.60. The first kappa shape index (κ1) is 17.8. The molecule has 1 atom stereocenters. The van der Waals surface area contributed by atoms with E-state index in [-0.39, 0.29) is 17.9 Å². The van der Waals surface area contributed by atoms with Crippen LogP contribution in [0.5, 0.6) is 0 Å². The smallest absolute Gasteiger partial charge is 0.249 e. The van der Waals surface area contributed by atoms with Gasteiger partial charge in [-0.2, -0.15) is 4.98 Å². The molecule has 1 aliphatic heterocycles. The maximum absolute atomic E-state index is 13.0. The summed E-state index contributed by atoms with van der Waals surface area (Å²) in [5, 5.41) is 5.27. The highest BCUT2D eigenvalue weighted by Crippen LogP contribution is 2.31. The lowest BCUT2D eigenvalue weighted by molar-refractivity contribution is -0.135. The molecule has 0 bridgehead atoms. The lowest BCUT2D eigenvalue weighted by atomic mass is 10.0. The molecule has 2 aromatic heterocycles. The first-order chi connectivity index (χ1) is 13.1. The van der Waals surface area contributed by atoms with Crippen LogP contribution >= 0.6 is 0 Å². The molecule has 1 N–H and O–H groups in total. The number of rotatable bonds is 5. The average molecular weight is 366 g/mol. The molecule has 0 aliphatic carbocycles. The van der Waals surface area contributed by atoms with Gasteiger partial charge in [-0.3, -0.25) is 4.79 Å². The molecular formula is C21H26N4O2. The van der Waals surface area contributed by atoms with Crippen molar-refractivity contribution >= 4 is 16.8 Å². The zero-order valence-corrected chi connectivity index (χ0v) is 15.9. The molecule has 0 unspecified atom stereocenters. The Morgan fingerprint density at radius 3 is 3.00 bits per heavy atom. The molecule has 142 valence electrons. The van der Waals surface area contributed by atoms with Gasteiger partial charge in [-0.25, -0.2) is 0 Å². The lowest BCUT2D eigenvalue weighted by Gasteiger charge is -2.33. The van der Waals surface area contributed by atoms with Gasteiger partial charge in [0.05, 0.1) is 0 Å². The Kier molecular flexibility index (Phi) is 4.97. The van der Waals surface area contributed by atoms with Crippen LogP contribution in [-0.4, -0.2) is 32.5 Å². The molecule has 3 heterocycles. The molecular weight excluding hydrogens is 340 g/mol. The zero-order chi connectivity index (χ0) is 18.8. The van der Waals surface area contributed by atoms with Gasteiger partial charge in [0.1, 0.15) is 6.04 Å². The first-order valence-corrected chi connectivity index (χ1v) is 9.81. The summed E-state index contributed by atoms with van der Waals surface area (Å²) >= 11 is 0. The minimum atomic E-state index is -0.0887. The Hall–Kier alpha value is -2.63. The van der Waals surface area contributed by atoms with Gasteiger partial charge in [-0.15, -0.1) is 0 Å². The van der Waals surface area contributed by atoms with Crippen LogP contribution in [-0.2, 0) is 11.2 Å². The summed E-state index contributed by atoms with van der Waals surface area (Å²) in [6, 6.07) is 8.12. The Labute approximate surface area is 158 Å². The maximum atomic E-state index is 13.0. The number of para-hydroxylation sites is 1. The summed E-state index contributed by atoms with van der Waals surface area (Å²) in [7, 11) is 0. The number of nitrogens with zero attached hydrogens (tertiary/aromatic N) is 3. The van der Waals surface area contributed by atoms with Gasteiger partial charge < -0.3 is 14.4 Å². The van der Waals surface area contributed by atoms with E-state index in [9.17, 15) is 4.79 Å². The molecule has 0 spiro atoms. The molecule has 3 aromatic rings. The molecule has 6 nitrogen and oxygen atoms in total. The Morgan fingerprint density at radius 1 is 1.33 bits per heavy atom. The van der Waals surface area contributed by atoms with E-state index in [0.717, 1.165) is 37.7 Å². The molecule has 1 fully saturated rings. The lowest BCUT2D eigenvalue weighted by Crippen LogP contribution is -2.38. The van der Waals surface area contributed by atoms with Crippen molar-refractivity contribution in [2.75, 3.05) is 6.54 Å². The molecule has 4 rings (SSSR count).